The van der Waals surface area contributed by atoms with E-state index in [-0.39, 0.29) is 0 Å². The van der Waals surface area contributed by atoms with Crippen LogP contribution in [0.4, 0.5) is 0 Å². The van der Waals surface area contributed by atoms with Gasteiger partial charge in [0.1, 0.15) is 5.69 Å². The summed E-state index contributed by atoms with van der Waals surface area (Å²) in [5.41, 5.74) is 4.28. The van der Waals surface area contributed by atoms with Crippen molar-refractivity contribution in [2.45, 2.75) is 40.8 Å². The van der Waals surface area contributed by atoms with Gasteiger partial charge < -0.3 is 19.9 Å². The number of hydrogen-bond donors (Lipinski definition) is 2. The number of para-hydroxylation sites is 1. The number of rotatable bonds is 13. The second-order valence-electron chi connectivity index (χ2n) is 9.91. The molecule has 182 valence electrons. The average molecular weight is 462 g/mol. The van der Waals surface area contributed by atoms with Gasteiger partial charge in [-0.15, -0.1) is 0 Å². The third-order valence-electron chi connectivity index (χ3n) is 5.99. The van der Waals surface area contributed by atoms with Crippen LogP contribution in [-0.2, 0) is 13.1 Å². The fourth-order valence-electron chi connectivity index (χ4n) is 4.64. The van der Waals surface area contributed by atoms with E-state index in [1.807, 2.05) is 59.2 Å². The maximum Gasteiger partial charge on any atom is 0.352 e. The summed E-state index contributed by atoms with van der Waals surface area (Å²) in [6.45, 7) is 17.8. The van der Waals surface area contributed by atoms with Crippen molar-refractivity contribution in [3.05, 3.63) is 77.5 Å². The lowest BCUT2D eigenvalue weighted by atomic mass is 10.1. The highest BCUT2D eigenvalue weighted by molar-refractivity contribution is 5.98. The molecule has 0 fully saturated rings. The van der Waals surface area contributed by atoms with Crippen molar-refractivity contribution in [2.75, 3.05) is 26.2 Å². The fraction of sp³-hybridized carbons (Fsp3) is 0.414. The van der Waals surface area contributed by atoms with Crippen LogP contribution in [0.5, 0.6) is 0 Å². The van der Waals surface area contributed by atoms with Crippen LogP contribution in [0.1, 0.15) is 54.9 Å². The molecule has 3 aromatic rings. The molecule has 1 aromatic heterocycles. The number of nitrogens with zero attached hydrogens (tertiary/aromatic N) is 2. The van der Waals surface area contributed by atoms with Gasteiger partial charge >= 0.3 is 5.97 Å². The first-order valence-corrected chi connectivity index (χ1v) is 12.3. The van der Waals surface area contributed by atoms with Gasteiger partial charge in [0.25, 0.3) is 0 Å². The van der Waals surface area contributed by atoms with Gasteiger partial charge in [-0.2, -0.15) is 0 Å². The molecule has 0 aliphatic carbocycles. The third-order valence-corrected chi connectivity index (χ3v) is 5.99. The van der Waals surface area contributed by atoms with Gasteiger partial charge in [-0.05, 0) is 29.0 Å². The molecule has 3 rings (SSSR count). The summed E-state index contributed by atoms with van der Waals surface area (Å²) in [5.74, 6) is 0.351. The van der Waals surface area contributed by atoms with E-state index >= 15 is 0 Å². The predicted octanol–water partition coefficient (Wildman–Crippen LogP) is 5.73. The Labute approximate surface area is 204 Å². The molecule has 0 amide bonds. The van der Waals surface area contributed by atoms with Gasteiger partial charge in [0.15, 0.2) is 0 Å². The molecule has 0 saturated heterocycles. The Kier molecular flexibility index (Phi) is 9.08. The Bertz CT molecular complexity index is 1090. The molecule has 5 heteroatoms. The molecule has 0 aliphatic heterocycles. The first kappa shape index (κ1) is 25.7. The molecule has 0 bridgehead atoms. The Morgan fingerprint density at radius 3 is 2.29 bits per heavy atom. The van der Waals surface area contributed by atoms with Gasteiger partial charge in [-0.3, -0.25) is 0 Å². The van der Waals surface area contributed by atoms with Crippen molar-refractivity contribution in [3.8, 4) is 0 Å². The Balaban J connectivity index is 1.82. The van der Waals surface area contributed by atoms with Crippen LogP contribution in [0.15, 0.2) is 55.1 Å². The van der Waals surface area contributed by atoms with Gasteiger partial charge in [0, 0.05) is 55.7 Å². The van der Waals surface area contributed by atoms with E-state index in [1.54, 1.807) is 0 Å². The summed E-state index contributed by atoms with van der Waals surface area (Å²) >= 11 is 0. The van der Waals surface area contributed by atoms with Crippen LogP contribution >= 0.6 is 0 Å². The van der Waals surface area contributed by atoms with Crippen LogP contribution < -0.4 is 5.32 Å². The second-order valence-corrected chi connectivity index (χ2v) is 9.91. The molecule has 5 nitrogen and oxygen atoms in total. The highest BCUT2D eigenvalue weighted by Crippen LogP contribution is 2.27. The predicted molar refractivity (Wildman–Crippen MR) is 142 cm³/mol. The monoisotopic (exact) mass is 461 g/mol. The van der Waals surface area contributed by atoms with Gasteiger partial charge in [-0.25, -0.2) is 4.79 Å². The fourth-order valence-corrected chi connectivity index (χ4v) is 4.64. The highest BCUT2D eigenvalue weighted by Gasteiger charge is 2.22. The zero-order valence-electron chi connectivity index (χ0n) is 21.1. The Morgan fingerprint density at radius 1 is 1.06 bits per heavy atom. The van der Waals surface area contributed by atoms with Crippen molar-refractivity contribution in [3.63, 3.8) is 0 Å². The van der Waals surface area contributed by atoms with E-state index in [1.165, 1.54) is 0 Å². The molecule has 2 N–H and O–H groups in total. The van der Waals surface area contributed by atoms with Crippen molar-refractivity contribution in [1.82, 2.24) is 14.8 Å². The first-order chi connectivity index (χ1) is 16.3. The molecule has 1 heterocycles. The number of fused-ring (bicyclic) bond motifs is 1. The molecule has 0 radical (unpaired) electrons. The summed E-state index contributed by atoms with van der Waals surface area (Å²) in [6.07, 6.45) is 1.81. The number of nitrogens with one attached hydrogen (secondary N) is 1. The summed E-state index contributed by atoms with van der Waals surface area (Å²) < 4.78 is 1.93. The number of benzene rings is 2. The van der Waals surface area contributed by atoms with Crippen LogP contribution in [-0.4, -0.2) is 46.7 Å². The summed E-state index contributed by atoms with van der Waals surface area (Å²) in [6, 6.07) is 16.1. The molecule has 0 unspecified atom stereocenters. The molecule has 34 heavy (non-hydrogen) atoms. The lowest BCUT2D eigenvalue weighted by Gasteiger charge is -2.26. The van der Waals surface area contributed by atoms with Crippen LogP contribution in [0.2, 0.25) is 0 Å². The Hall–Kier alpha value is -2.89. The summed E-state index contributed by atoms with van der Waals surface area (Å²) in [5, 5.41) is 14.7. The number of carbonyl (C=O) groups is 1. The molecular formula is C29H39N3O2. The van der Waals surface area contributed by atoms with Crippen LogP contribution in [0, 0.1) is 11.8 Å². The van der Waals surface area contributed by atoms with E-state index in [4.69, 9.17) is 0 Å². The van der Waals surface area contributed by atoms with Crippen LogP contribution in [0.3, 0.4) is 0 Å². The molecule has 2 aromatic carbocycles. The second kappa shape index (κ2) is 12.0. The molecule has 0 spiro atoms. The van der Waals surface area contributed by atoms with Crippen molar-refractivity contribution in [1.29, 1.82) is 0 Å². The lowest BCUT2D eigenvalue weighted by Crippen LogP contribution is -2.37. The average Bonchev–Trinajstić information content (AvgIpc) is 3.10. The quantitative estimate of drug-likeness (QED) is 0.319. The zero-order valence-corrected chi connectivity index (χ0v) is 21.1. The smallest absolute Gasteiger partial charge is 0.352 e. The topological polar surface area (TPSA) is 57.5 Å². The zero-order chi connectivity index (χ0) is 24.7. The minimum absolute atomic E-state index is 0.364. The van der Waals surface area contributed by atoms with E-state index in [9.17, 15) is 9.90 Å². The third kappa shape index (κ3) is 6.58. The highest BCUT2D eigenvalue weighted by atomic mass is 16.4. The maximum absolute atomic E-state index is 12.4. The molecule has 0 atom stereocenters. The summed E-state index contributed by atoms with van der Waals surface area (Å²) in [7, 11) is 0. The molecular weight excluding hydrogens is 422 g/mol. The van der Waals surface area contributed by atoms with E-state index in [0.29, 0.717) is 30.6 Å². The normalized spacial score (nSPS) is 11.7. The van der Waals surface area contributed by atoms with Gasteiger partial charge in [0.05, 0.1) is 0 Å². The minimum Gasteiger partial charge on any atom is -0.477 e. The van der Waals surface area contributed by atoms with E-state index in [0.717, 1.165) is 53.8 Å². The minimum atomic E-state index is -0.892. The number of aromatic nitrogens is 1. The molecule has 0 aliphatic rings. The summed E-state index contributed by atoms with van der Waals surface area (Å²) in [4.78, 5) is 14.9. The van der Waals surface area contributed by atoms with Crippen LogP contribution in [0.25, 0.3) is 17.0 Å². The van der Waals surface area contributed by atoms with Gasteiger partial charge in [0.2, 0.25) is 0 Å². The standard InChI is InChI=1S/C29H39N3O2/c1-6-23-11-13-24(14-12-23)20-32-27-10-8-7-9-25(27)26(28(32)29(33)34)17-30-15-16-31(18-21(2)3)19-22(4)5/h6-14,21-22,30H,1,15-20H2,2-5H3,(H,33,34). The number of aromatic carboxylic acids is 1. The van der Waals surface area contributed by atoms with E-state index < -0.39 is 5.97 Å². The lowest BCUT2D eigenvalue weighted by molar-refractivity contribution is 0.0684. The number of carboxylic acid groups (broad SMARTS) is 1. The maximum atomic E-state index is 12.4. The number of carboxylic acids is 1. The van der Waals surface area contributed by atoms with Crippen molar-refractivity contribution in [2.24, 2.45) is 11.8 Å². The first-order valence-electron chi connectivity index (χ1n) is 12.3. The Morgan fingerprint density at radius 2 is 1.71 bits per heavy atom. The van der Waals surface area contributed by atoms with Crippen molar-refractivity contribution < 1.29 is 9.90 Å². The van der Waals surface area contributed by atoms with Gasteiger partial charge in [-0.1, -0.05) is 82.8 Å². The SMILES string of the molecule is C=Cc1ccc(Cn2c(C(=O)O)c(CNCCN(CC(C)C)CC(C)C)c3ccccc32)cc1. The molecule has 0 saturated carbocycles. The van der Waals surface area contributed by atoms with Crippen molar-refractivity contribution >= 4 is 22.9 Å². The van der Waals surface area contributed by atoms with E-state index in [2.05, 4.69) is 44.5 Å². The largest absolute Gasteiger partial charge is 0.477 e. The number of hydrogen-bond acceptors (Lipinski definition) is 3.